The maximum atomic E-state index is 5.87. The van der Waals surface area contributed by atoms with Crippen LogP contribution in [0.3, 0.4) is 0 Å². The van der Waals surface area contributed by atoms with Gasteiger partial charge in [-0.1, -0.05) is 24.3 Å². The first-order valence-electron chi connectivity index (χ1n) is 9.67. The van der Waals surface area contributed by atoms with Gasteiger partial charge >= 0.3 is 0 Å². The maximum Gasteiger partial charge on any atom is 0.219 e. The highest BCUT2D eigenvalue weighted by atomic mass is 127. The summed E-state index contributed by atoms with van der Waals surface area (Å²) in [4.78, 5) is 10.3. The number of para-hydroxylation sites is 2. The van der Waals surface area contributed by atoms with Gasteiger partial charge in [-0.15, -0.1) is 35.3 Å². The molecule has 0 atom stereocenters. The highest BCUT2D eigenvalue weighted by Crippen LogP contribution is 2.30. The Morgan fingerprint density at radius 3 is 2.53 bits per heavy atom. The minimum atomic E-state index is 0. The van der Waals surface area contributed by atoms with Crippen molar-refractivity contribution in [1.29, 1.82) is 0 Å². The molecule has 0 spiro atoms. The average molecular weight is 538 g/mol. The smallest absolute Gasteiger partial charge is 0.219 e. The van der Waals surface area contributed by atoms with Crippen molar-refractivity contribution in [2.45, 2.75) is 26.9 Å². The fourth-order valence-corrected chi connectivity index (χ4v) is 3.23. The van der Waals surface area contributed by atoms with E-state index in [1.54, 1.807) is 17.5 Å². The number of hydrogen-bond donors (Lipinski definition) is 2. The second kappa shape index (κ2) is 13.1. The number of thiophene rings is 1. The first-order valence-corrected chi connectivity index (χ1v) is 10.6. The highest BCUT2D eigenvalue weighted by Gasteiger charge is 2.06. The normalized spacial score (nSPS) is 10.8. The molecule has 2 N–H and O–H groups in total. The lowest BCUT2D eigenvalue weighted by atomic mass is 10.3. The van der Waals surface area contributed by atoms with E-state index in [4.69, 9.17) is 9.47 Å². The van der Waals surface area contributed by atoms with Crippen molar-refractivity contribution < 1.29 is 9.47 Å². The summed E-state index contributed by atoms with van der Waals surface area (Å²) in [7, 11) is 0. The third kappa shape index (κ3) is 7.49. The molecule has 8 heteroatoms. The Morgan fingerprint density at radius 2 is 1.87 bits per heavy atom. The van der Waals surface area contributed by atoms with Crippen molar-refractivity contribution in [3.63, 3.8) is 0 Å². The van der Waals surface area contributed by atoms with Crippen molar-refractivity contribution in [2.75, 3.05) is 13.2 Å². The molecule has 160 valence electrons. The summed E-state index contributed by atoms with van der Waals surface area (Å²) < 4.78 is 11.5. The maximum absolute atomic E-state index is 5.87. The van der Waals surface area contributed by atoms with E-state index < -0.39 is 0 Å². The minimum absolute atomic E-state index is 0. The Kier molecular flexibility index (Phi) is 10.4. The quantitative estimate of drug-likeness (QED) is 0.223. The molecule has 3 aromatic rings. The van der Waals surface area contributed by atoms with Gasteiger partial charge in [-0.25, -0.2) is 9.98 Å². The van der Waals surface area contributed by atoms with Gasteiger partial charge in [0.15, 0.2) is 17.5 Å². The Hall–Kier alpha value is -2.33. The van der Waals surface area contributed by atoms with E-state index in [0.717, 1.165) is 24.6 Å². The standard InChI is InChI=1S/C22H26N4O2S.HI/c1-3-23-22(26-16-18-8-7-13-29-18)25-15-17-11-12-21(24-14-17)28-20-10-6-5-9-19(20)27-4-2;/h5-14H,3-4,15-16H2,1-2H3,(H2,23,25,26);1H. The predicted molar refractivity (Wildman–Crippen MR) is 133 cm³/mol. The highest BCUT2D eigenvalue weighted by molar-refractivity contribution is 14.0. The number of halogens is 1. The number of aliphatic imine (C=N–C) groups is 1. The fraction of sp³-hybridized carbons (Fsp3) is 0.273. The SMILES string of the molecule is CCNC(=NCc1ccc(Oc2ccccc2OCC)nc1)NCc1cccs1.I. The molecule has 1 aromatic carbocycles. The number of ether oxygens (including phenoxy) is 2. The van der Waals surface area contributed by atoms with E-state index >= 15 is 0 Å². The molecule has 3 rings (SSSR count). The van der Waals surface area contributed by atoms with Crippen molar-refractivity contribution in [2.24, 2.45) is 4.99 Å². The van der Waals surface area contributed by atoms with Crippen LogP contribution >= 0.6 is 35.3 Å². The molecule has 0 saturated heterocycles. The molecule has 0 bridgehead atoms. The average Bonchev–Trinajstić information content (AvgIpc) is 3.26. The Morgan fingerprint density at radius 1 is 1.03 bits per heavy atom. The van der Waals surface area contributed by atoms with Gasteiger partial charge in [0.1, 0.15) is 0 Å². The molecule has 0 aliphatic heterocycles. The molecule has 0 unspecified atom stereocenters. The van der Waals surface area contributed by atoms with Gasteiger partial charge in [-0.2, -0.15) is 0 Å². The molecule has 0 saturated carbocycles. The zero-order valence-electron chi connectivity index (χ0n) is 17.1. The van der Waals surface area contributed by atoms with Gasteiger partial charge in [-0.3, -0.25) is 0 Å². The van der Waals surface area contributed by atoms with Crippen LogP contribution in [0.25, 0.3) is 0 Å². The Labute approximate surface area is 198 Å². The van der Waals surface area contributed by atoms with Gasteiger partial charge in [0.05, 0.1) is 19.7 Å². The summed E-state index contributed by atoms with van der Waals surface area (Å²) in [6.07, 6.45) is 1.78. The number of benzene rings is 1. The van der Waals surface area contributed by atoms with Crippen molar-refractivity contribution >= 4 is 41.3 Å². The van der Waals surface area contributed by atoms with Gasteiger partial charge in [0.25, 0.3) is 0 Å². The van der Waals surface area contributed by atoms with Crippen LogP contribution in [0, 0.1) is 0 Å². The minimum Gasteiger partial charge on any atom is -0.490 e. The molecular weight excluding hydrogens is 511 g/mol. The van der Waals surface area contributed by atoms with Gasteiger partial charge < -0.3 is 20.1 Å². The Balaban J connectivity index is 0.00000320. The fourth-order valence-electron chi connectivity index (χ4n) is 2.58. The number of guanidine groups is 1. The molecule has 0 aliphatic rings. The number of nitrogens with one attached hydrogen (secondary N) is 2. The molecule has 0 radical (unpaired) electrons. The number of rotatable bonds is 9. The molecule has 2 aromatic heterocycles. The van der Waals surface area contributed by atoms with Crippen LogP contribution in [0.1, 0.15) is 24.3 Å². The van der Waals surface area contributed by atoms with Crippen molar-refractivity contribution in [3.8, 4) is 17.4 Å². The number of nitrogens with zero attached hydrogens (tertiary/aromatic N) is 2. The van der Waals surface area contributed by atoms with Crippen molar-refractivity contribution in [1.82, 2.24) is 15.6 Å². The van der Waals surface area contributed by atoms with E-state index in [0.29, 0.717) is 30.5 Å². The zero-order chi connectivity index (χ0) is 20.3. The molecule has 30 heavy (non-hydrogen) atoms. The van der Waals surface area contributed by atoms with Gasteiger partial charge in [0, 0.05) is 23.7 Å². The predicted octanol–water partition coefficient (Wildman–Crippen LogP) is 5.21. The monoisotopic (exact) mass is 538 g/mol. The summed E-state index contributed by atoms with van der Waals surface area (Å²) in [5, 5.41) is 8.68. The van der Waals surface area contributed by atoms with E-state index in [1.807, 2.05) is 49.4 Å². The number of hydrogen-bond acceptors (Lipinski definition) is 5. The van der Waals surface area contributed by atoms with Crippen LogP contribution < -0.4 is 20.1 Å². The largest absolute Gasteiger partial charge is 0.490 e. The molecule has 0 fully saturated rings. The molecular formula is C22H27IN4O2S. The molecule has 6 nitrogen and oxygen atoms in total. The lowest BCUT2D eigenvalue weighted by Crippen LogP contribution is -2.36. The van der Waals surface area contributed by atoms with Crippen LogP contribution in [0.2, 0.25) is 0 Å². The first kappa shape index (κ1) is 23.9. The molecule has 0 amide bonds. The second-order valence-electron chi connectivity index (χ2n) is 6.11. The number of aromatic nitrogens is 1. The van der Waals surface area contributed by atoms with E-state index in [2.05, 4.69) is 39.0 Å². The summed E-state index contributed by atoms with van der Waals surface area (Å²) in [6, 6.07) is 15.5. The zero-order valence-corrected chi connectivity index (χ0v) is 20.3. The van der Waals surface area contributed by atoms with Gasteiger partial charge in [-0.05, 0) is 43.0 Å². The van der Waals surface area contributed by atoms with Crippen LogP contribution in [0.15, 0.2) is 65.1 Å². The van der Waals surface area contributed by atoms with Crippen LogP contribution in [0.4, 0.5) is 0 Å². The van der Waals surface area contributed by atoms with E-state index in [9.17, 15) is 0 Å². The molecule has 2 heterocycles. The van der Waals surface area contributed by atoms with Crippen LogP contribution in [-0.4, -0.2) is 24.1 Å². The van der Waals surface area contributed by atoms with E-state index in [1.165, 1.54) is 4.88 Å². The van der Waals surface area contributed by atoms with Crippen LogP contribution in [0.5, 0.6) is 17.4 Å². The summed E-state index contributed by atoms with van der Waals surface area (Å²) >= 11 is 1.73. The topological polar surface area (TPSA) is 67.8 Å². The van der Waals surface area contributed by atoms with Gasteiger partial charge in [0.2, 0.25) is 5.88 Å². The third-order valence-electron chi connectivity index (χ3n) is 3.94. The lowest BCUT2D eigenvalue weighted by molar-refractivity contribution is 0.319. The number of pyridine rings is 1. The van der Waals surface area contributed by atoms with E-state index in [-0.39, 0.29) is 24.0 Å². The van der Waals surface area contributed by atoms with Crippen LogP contribution in [-0.2, 0) is 13.1 Å². The van der Waals surface area contributed by atoms with Crippen molar-refractivity contribution in [3.05, 3.63) is 70.5 Å². The summed E-state index contributed by atoms with van der Waals surface area (Å²) in [6.45, 7) is 6.67. The summed E-state index contributed by atoms with van der Waals surface area (Å²) in [5.74, 6) is 2.66. The summed E-state index contributed by atoms with van der Waals surface area (Å²) in [5.41, 5.74) is 1.00. The third-order valence-corrected chi connectivity index (χ3v) is 4.81. The lowest BCUT2D eigenvalue weighted by Gasteiger charge is -2.11. The second-order valence-corrected chi connectivity index (χ2v) is 7.15. The molecule has 0 aliphatic carbocycles. The Bertz CT molecular complexity index is 902. The first-order chi connectivity index (χ1) is 14.3.